The molecule has 0 N–H and O–H groups in total. The van der Waals surface area contributed by atoms with Crippen LogP contribution in [0.5, 0.6) is 0 Å². The molecule has 0 saturated heterocycles. The van der Waals surface area contributed by atoms with Gasteiger partial charge in [-0.3, -0.25) is 0 Å². The van der Waals surface area contributed by atoms with E-state index in [1.165, 1.54) is 42.5 Å². The van der Waals surface area contributed by atoms with Gasteiger partial charge >= 0.3 is 0 Å². The summed E-state index contributed by atoms with van der Waals surface area (Å²) in [6.45, 7) is 2.20. The van der Waals surface area contributed by atoms with Gasteiger partial charge in [0.15, 0.2) is 0 Å². The molecule has 5 rings (SSSR count). The summed E-state index contributed by atoms with van der Waals surface area (Å²) in [6.07, 6.45) is 0. The molecule has 0 aliphatic carbocycles. The Morgan fingerprint density at radius 3 is 2.33 bits per heavy atom. The van der Waals surface area contributed by atoms with Crippen molar-refractivity contribution < 1.29 is 0 Å². The van der Waals surface area contributed by atoms with Crippen LogP contribution in [0.25, 0.3) is 37.6 Å². The Morgan fingerprint density at radius 2 is 1.44 bits per heavy atom. The van der Waals surface area contributed by atoms with Crippen molar-refractivity contribution >= 4 is 94.3 Å². The molecule has 0 saturated carbocycles. The summed E-state index contributed by atoms with van der Waals surface area (Å²) in [5.74, 6) is 0. The second-order valence-corrected chi connectivity index (χ2v) is 9.58. The van der Waals surface area contributed by atoms with Gasteiger partial charge in [-0.15, -0.1) is 56.7 Å². The minimum atomic E-state index is 1.43. The Bertz CT molecular complexity index is 1030. The molecule has 0 nitrogen and oxygen atoms in total. The fourth-order valence-corrected chi connectivity index (χ4v) is 9.28. The molecule has 5 aromatic heterocycles. The van der Waals surface area contributed by atoms with E-state index < -0.39 is 0 Å². The largest absolute Gasteiger partial charge is 0.141 e. The molecule has 0 aromatic carbocycles. The molecule has 0 unspecified atom stereocenters. The monoisotopic (exact) mass is 322 g/mol. The van der Waals surface area contributed by atoms with E-state index in [2.05, 4.69) is 24.4 Å². The maximum atomic E-state index is 2.33. The van der Waals surface area contributed by atoms with Crippen LogP contribution in [0, 0.1) is 6.92 Å². The zero-order valence-electron chi connectivity index (χ0n) is 9.27. The summed E-state index contributed by atoms with van der Waals surface area (Å²) in [6, 6.07) is 4.59. The van der Waals surface area contributed by atoms with Crippen LogP contribution in [0.15, 0.2) is 17.5 Å². The first-order chi connectivity index (χ1) is 8.81. The average Bonchev–Trinajstić information content (AvgIpc) is 3.01. The van der Waals surface area contributed by atoms with Crippen molar-refractivity contribution in [2.75, 3.05) is 0 Å². The van der Waals surface area contributed by atoms with E-state index in [0.717, 1.165) is 0 Å². The molecule has 5 aromatic rings. The van der Waals surface area contributed by atoms with Crippen molar-refractivity contribution in [3.63, 3.8) is 0 Å². The van der Waals surface area contributed by atoms with Crippen LogP contribution in [0.2, 0.25) is 0 Å². The van der Waals surface area contributed by atoms with E-state index in [-0.39, 0.29) is 0 Å². The maximum Gasteiger partial charge on any atom is 0.0651 e. The van der Waals surface area contributed by atoms with E-state index in [0.29, 0.717) is 0 Å². The van der Waals surface area contributed by atoms with E-state index in [1.54, 1.807) is 0 Å². The molecule has 0 bridgehead atoms. The Labute approximate surface area is 123 Å². The van der Waals surface area contributed by atoms with E-state index in [4.69, 9.17) is 0 Å². The number of fused-ring (bicyclic) bond motifs is 7. The van der Waals surface area contributed by atoms with E-state index in [1.807, 2.05) is 56.7 Å². The molecule has 0 aliphatic rings. The van der Waals surface area contributed by atoms with Gasteiger partial charge in [-0.05, 0) is 24.4 Å². The first kappa shape index (κ1) is 10.3. The Balaban J connectivity index is 2.10. The van der Waals surface area contributed by atoms with Crippen molar-refractivity contribution in [2.24, 2.45) is 0 Å². The Kier molecular flexibility index (Phi) is 1.92. The first-order valence-corrected chi connectivity index (χ1v) is 9.67. The molecule has 0 spiro atoms. The van der Waals surface area contributed by atoms with Gasteiger partial charge in [0.25, 0.3) is 0 Å². The van der Waals surface area contributed by atoms with Gasteiger partial charge in [-0.25, -0.2) is 0 Å². The summed E-state index contributed by atoms with van der Waals surface area (Å²) in [4.78, 5) is 1.43. The van der Waals surface area contributed by atoms with Crippen molar-refractivity contribution in [1.82, 2.24) is 0 Å². The van der Waals surface area contributed by atoms with Crippen molar-refractivity contribution in [1.29, 1.82) is 0 Å². The molecule has 0 atom stereocenters. The Morgan fingerprint density at radius 1 is 0.722 bits per heavy atom. The summed E-state index contributed by atoms with van der Waals surface area (Å²) >= 11 is 9.75. The molecule has 5 heteroatoms. The topological polar surface area (TPSA) is 0 Å². The van der Waals surface area contributed by atoms with Crippen molar-refractivity contribution in [3.05, 3.63) is 22.4 Å². The average molecular weight is 323 g/mol. The second kappa shape index (κ2) is 3.35. The lowest BCUT2D eigenvalue weighted by Crippen LogP contribution is -1.47. The number of rotatable bonds is 0. The predicted molar refractivity (Wildman–Crippen MR) is 90.6 cm³/mol. The van der Waals surface area contributed by atoms with Gasteiger partial charge in [0, 0.05) is 14.3 Å². The van der Waals surface area contributed by atoms with Gasteiger partial charge in [-0.1, -0.05) is 0 Å². The predicted octanol–water partition coefficient (Wildman–Crippen LogP) is 6.92. The third-order valence-electron chi connectivity index (χ3n) is 3.11. The first-order valence-electron chi connectivity index (χ1n) is 5.52. The molecule has 0 radical (unpaired) electrons. The van der Waals surface area contributed by atoms with Crippen molar-refractivity contribution in [3.8, 4) is 0 Å². The standard InChI is InChI=1S/C13H6S5/c1-5-4-7-9(15-5)11-13(17-7)12-10(18-11)8-6(16-12)2-3-14-8/h2-4H,1H3. The minimum absolute atomic E-state index is 1.43. The molecular weight excluding hydrogens is 316 g/mol. The molecule has 5 heterocycles. The number of aryl methyl sites for hydroxylation is 1. The highest BCUT2D eigenvalue weighted by molar-refractivity contribution is 7.47. The second-order valence-electron chi connectivity index (χ2n) is 4.29. The highest BCUT2D eigenvalue weighted by atomic mass is 32.1. The van der Waals surface area contributed by atoms with E-state index >= 15 is 0 Å². The number of thiophene rings is 5. The van der Waals surface area contributed by atoms with Gasteiger partial charge in [0.2, 0.25) is 0 Å². The van der Waals surface area contributed by atoms with Gasteiger partial charge in [0.05, 0.1) is 28.2 Å². The molecule has 18 heavy (non-hydrogen) atoms. The quantitative estimate of drug-likeness (QED) is 0.290. The fraction of sp³-hybridized carbons (Fsp3) is 0.0769. The third kappa shape index (κ3) is 1.15. The van der Waals surface area contributed by atoms with Crippen molar-refractivity contribution in [2.45, 2.75) is 6.92 Å². The van der Waals surface area contributed by atoms with Gasteiger partial charge < -0.3 is 0 Å². The van der Waals surface area contributed by atoms with Gasteiger partial charge in [0.1, 0.15) is 0 Å². The molecular formula is C13H6S5. The summed E-state index contributed by atoms with van der Waals surface area (Å²) < 4.78 is 12.0. The van der Waals surface area contributed by atoms with Crippen LogP contribution in [0.1, 0.15) is 4.88 Å². The fourth-order valence-electron chi connectivity index (χ4n) is 2.37. The molecule has 0 fully saturated rings. The zero-order valence-corrected chi connectivity index (χ0v) is 13.4. The van der Waals surface area contributed by atoms with Crippen LogP contribution in [0.4, 0.5) is 0 Å². The smallest absolute Gasteiger partial charge is 0.0651 e. The van der Waals surface area contributed by atoms with Crippen LogP contribution in [-0.2, 0) is 0 Å². The SMILES string of the molecule is Cc1cc2sc3c(sc4c5sccc5sc43)c2s1. The Hall–Kier alpha value is -0.460. The molecule has 88 valence electrons. The van der Waals surface area contributed by atoms with Gasteiger partial charge in [-0.2, -0.15) is 0 Å². The lowest BCUT2D eigenvalue weighted by atomic mass is 10.4. The molecule has 0 aliphatic heterocycles. The summed E-state index contributed by atoms with van der Waals surface area (Å²) in [5, 5.41) is 2.21. The number of hydrogen-bond acceptors (Lipinski definition) is 5. The minimum Gasteiger partial charge on any atom is -0.141 e. The highest BCUT2D eigenvalue weighted by Crippen LogP contribution is 2.52. The van der Waals surface area contributed by atoms with Crippen LogP contribution in [-0.4, -0.2) is 0 Å². The normalized spacial score (nSPS) is 12.7. The van der Waals surface area contributed by atoms with Crippen LogP contribution >= 0.6 is 56.7 Å². The highest BCUT2D eigenvalue weighted by Gasteiger charge is 2.18. The summed E-state index contributed by atoms with van der Waals surface area (Å²) in [5.41, 5.74) is 0. The van der Waals surface area contributed by atoms with E-state index in [9.17, 15) is 0 Å². The molecule has 0 amide bonds. The summed E-state index contributed by atoms with van der Waals surface area (Å²) in [7, 11) is 0. The lowest BCUT2D eigenvalue weighted by molar-refractivity contribution is 1.66. The van der Waals surface area contributed by atoms with Crippen LogP contribution in [0.3, 0.4) is 0 Å². The number of hydrogen-bond donors (Lipinski definition) is 0. The van der Waals surface area contributed by atoms with Crippen LogP contribution < -0.4 is 0 Å². The maximum absolute atomic E-state index is 2.33. The lowest BCUT2D eigenvalue weighted by Gasteiger charge is -1.78. The zero-order chi connectivity index (χ0) is 11.9. The third-order valence-corrected chi connectivity index (χ3v) is 9.57.